The fourth-order valence-electron chi connectivity index (χ4n) is 3.53. The lowest BCUT2D eigenvalue weighted by atomic mass is 9.95. The van der Waals surface area contributed by atoms with Crippen molar-refractivity contribution in [1.29, 1.82) is 0 Å². The Balaban J connectivity index is 1.68. The number of amides is 3. The van der Waals surface area contributed by atoms with Crippen LogP contribution in [-0.4, -0.2) is 47.4 Å². The van der Waals surface area contributed by atoms with Crippen LogP contribution in [0.3, 0.4) is 0 Å². The topological polar surface area (TPSA) is 74.8 Å². The van der Waals surface area contributed by atoms with Gasteiger partial charge in [-0.15, -0.1) is 0 Å². The van der Waals surface area contributed by atoms with E-state index in [-0.39, 0.29) is 11.9 Å². The van der Waals surface area contributed by atoms with Gasteiger partial charge in [0, 0.05) is 26.0 Å². The summed E-state index contributed by atoms with van der Waals surface area (Å²) in [5.41, 5.74) is 3.17. The van der Waals surface area contributed by atoms with Crippen LogP contribution in [0.4, 0.5) is 4.79 Å². The first-order chi connectivity index (χ1) is 13.1. The lowest BCUT2D eigenvalue weighted by Crippen LogP contribution is -2.45. The van der Waals surface area contributed by atoms with Gasteiger partial charge in [0.25, 0.3) is 5.91 Å². The third-order valence-corrected chi connectivity index (χ3v) is 4.99. The molecule has 0 saturated heterocycles. The number of ether oxygens (including phenoxy) is 1. The van der Waals surface area contributed by atoms with Gasteiger partial charge in [0.1, 0.15) is 5.75 Å². The zero-order valence-corrected chi connectivity index (χ0v) is 15.2. The lowest BCUT2D eigenvalue weighted by molar-refractivity contribution is -0.126. The van der Waals surface area contributed by atoms with Crippen molar-refractivity contribution in [1.82, 2.24) is 20.1 Å². The normalized spacial score (nSPS) is 19.3. The van der Waals surface area contributed by atoms with Gasteiger partial charge in [-0.3, -0.25) is 14.7 Å². The van der Waals surface area contributed by atoms with Gasteiger partial charge in [-0.25, -0.2) is 4.79 Å². The molecule has 1 aromatic carbocycles. The van der Waals surface area contributed by atoms with Crippen molar-refractivity contribution in [3.8, 4) is 5.75 Å². The quantitative estimate of drug-likeness (QED) is 0.901. The summed E-state index contributed by atoms with van der Waals surface area (Å²) >= 11 is 0. The van der Waals surface area contributed by atoms with E-state index in [9.17, 15) is 9.59 Å². The van der Waals surface area contributed by atoms with Crippen LogP contribution in [0.2, 0.25) is 0 Å². The molecule has 0 fully saturated rings. The zero-order chi connectivity index (χ0) is 19.0. The van der Waals surface area contributed by atoms with E-state index < -0.39 is 6.04 Å². The Morgan fingerprint density at radius 2 is 2.00 bits per heavy atom. The Hall–Kier alpha value is -3.35. The summed E-state index contributed by atoms with van der Waals surface area (Å²) < 4.78 is 5.29. The monoisotopic (exact) mass is 364 g/mol. The molecule has 27 heavy (non-hydrogen) atoms. The molecular weight excluding hydrogens is 344 g/mol. The Kier molecular flexibility index (Phi) is 4.27. The van der Waals surface area contributed by atoms with Gasteiger partial charge >= 0.3 is 6.03 Å². The first kappa shape index (κ1) is 17.1. The molecule has 138 valence electrons. The Morgan fingerprint density at radius 3 is 2.74 bits per heavy atom. The van der Waals surface area contributed by atoms with Crippen LogP contribution in [0.15, 0.2) is 60.1 Å². The van der Waals surface area contributed by atoms with Crippen molar-refractivity contribution < 1.29 is 14.3 Å². The van der Waals surface area contributed by atoms with E-state index in [1.54, 1.807) is 31.5 Å². The molecule has 7 heteroatoms. The third-order valence-electron chi connectivity index (χ3n) is 4.99. The van der Waals surface area contributed by atoms with Crippen LogP contribution in [0.25, 0.3) is 0 Å². The molecule has 4 rings (SSSR count). The molecular formula is C20H20N4O3. The number of nitrogens with zero attached hydrogens (tertiary/aromatic N) is 3. The minimum Gasteiger partial charge on any atom is -0.497 e. The van der Waals surface area contributed by atoms with Gasteiger partial charge in [0.05, 0.1) is 31.0 Å². The molecule has 1 atom stereocenters. The van der Waals surface area contributed by atoms with Crippen LogP contribution in [0.1, 0.15) is 17.2 Å². The van der Waals surface area contributed by atoms with Crippen LogP contribution >= 0.6 is 0 Å². The van der Waals surface area contributed by atoms with Gasteiger partial charge in [0.15, 0.2) is 0 Å². The molecule has 2 aliphatic rings. The predicted molar refractivity (Wildman–Crippen MR) is 98.7 cm³/mol. The molecule has 0 radical (unpaired) electrons. The van der Waals surface area contributed by atoms with Gasteiger partial charge in [0.2, 0.25) is 0 Å². The fourth-order valence-corrected chi connectivity index (χ4v) is 3.53. The maximum absolute atomic E-state index is 13.2. The highest BCUT2D eigenvalue weighted by Crippen LogP contribution is 2.36. The van der Waals surface area contributed by atoms with Crippen LogP contribution in [-0.2, 0) is 11.3 Å². The molecule has 0 spiro atoms. The van der Waals surface area contributed by atoms with E-state index in [2.05, 4.69) is 10.3 Å². The number of rotatable bonds is 4. The first-order valence-electron chi connectivity index (χ1n) is 8.68. The van der Waals surface area contributed by atoms with Gasteiger partial charge in [-0.2, -0.15) is 0 Å². The van der Waals surface area contributed by atoms with Crippen molar-refractivity contribution in [3.63, 3.8) is 0 Å². The molecule has 3 amide bonds. The SMILES string of the molecule is COc1cccc(C2NC(=O)N(C)C3=C2C(=O)N(Cc2ccncc2)C3)c1. The molecule has 0 saturated carbocycles. The summed E-state index contributed by atoms with van der Waals surface area (Å²) in [6, 6.07) is 10.5. The highest BCUT2D eigenvalue weighted by atomic mass is 16.5. The van der Waals surface area contributed by atoms with Crippen molar-refractivity contribution in [2.75, 3.05) is 20.7 Å². The number of likely N-dealkylation sites (N-methyl/N-ethyl adjacent to an activating group) is 1. The summed E-state index contributed by atoms with van der Waals surface area (Å²) in [6.07, 6.45) is 3.42. The van der Waals surface area contributed by atoms with E-state index >= 15 is 0 Å². The second kappa shape index (κ2) is 6.75. The molecule has 2 aliphatic heterocycles. The number of benzene rings is 1. The van der Waals surface area contributed by atoms with Crippen molar-refractivity contribution in [3.05, 3.63) is 71.2 Å². The number of aromatic nitrogens is 1. The molecule has 7 nitrogen and oxygen atoms in total. The number of carbonyl (C=O) groups is 2. The molecule has 1 aromatic heterocycles. The van der Waals surface area contributed by atoms with E-state index in [4.69, 9.17) is 4.74 Å². The lowest BCUT2D eigenvalue weighted by Gasteiger charge is -2.31. The maximum atomic E-state index is 13.2. The Morgan fingerprint density at radius 1 is 1.22 bits per heavy atom. The van der Waals surface area contributed by atoms with Crippen LogP contribution in [0.5, 0.6) is 5.75 Å². The number of urea groups is 1. The van der Waals surface area contributed by atoms with Crippen molar-refractivity contribution >= 4 is 11.9 Å². The number of carbonyl (C=O) groups excluding carboxylic acids is 2. The minimum atomic E-state index is -0.492. The molecule has 3 heterocycles. The maximum Gasteiger partial charge on any atom is 0.322 e. The predicted octanol–water partition coefficient (Wildman–Crippen LogP) is 2.08. The largest absolute Gasteiger partial charge is 0.497 e. The smallest absolute Gasteiger partial charge is 0.322 e. The Bertz CT molecular complexity index is 926. The second-order valence-electron chi connectivity index (χ2n) is 6.60. The van der Waals surface area contributed by atoms with Crippen molar-refractivity contribution in [2.45, 2.75) is 12.6 Å². The van der Waals surface area contributed by atoms with E-state index in [1.165, 1.54) is 4.90 Å². The van der Waals surface area contributed by atoms with E-state index in [0.29, 0.717) is 24.4 Å². The molecule has 1 N–H and O–H groups in total. The number of hydrogen-bond acceptors (Lipinski definition) is 4. The summed E-state index contributed by atoms with van der Waals surface area (Å²) in [4.78, 5) is 32.9. The molecule has 0 bridgehead atoms. The van der Waals surface area contributed by atoms with E-state index in [1.807, 2.05) is 36.4 Å². The minimum absolute atomic E-state index is 0.0681. The van der Waals surface area contributed by atoms with Crippen molar-refractivity contribution in [2.24, 2.45) is 0 Å². The first-order valence-corrected chi connectivity index (χ1v) is 8.68. The average Bonchev–Trinajstić information content (AvgIpc) is 3.02. The highest BCUT2D eigenvalue weighted by Gasteiger charge is 2.42. The Labute approximate surface area is 157 Å². The van der Waals surface area contributed by atoms with Gasteiger partial charge in [-0.1, -0.05) is 12.1 Å². The van der Waals surface area contributed by atoms with Crippen LogP contribution < -0.4 is 10.1 Å². The summed E-state index contributed by atoms with van der Waals surface area (Å²) in [7, 11) is 3.28. The number of nitrogens with one attached hydrogen (secondary N) is 1. The van der Waals surface area contributed by atoms with Gasteiger partial charge in [-0.05, 0) is 35.4 Å². The van der Waals surface area contributed by atoms with E-state index in [0.717, 1.165) is 16.8 Å². The second-order valence-corrected chi connectivity index (χ2v) is 6.60. The number of hydrogen-bond donors (Lipinski definition) is 1. The summed E-state index contributed by atoms with van der Waals surface area (Å²) in [6.45, 7) is 0.877. The number of methoxy groups -OCH3 is 1. The summed E-state index contributed by atoms with van der Waals surface area (Å²) in [5, 5.41) is 2.94. The zero-order valence-electron chi connectivity index (χ0n) is 15.2. The molecule has 2 aromatic rings. The van der Waals surface area contributed by atoms with Gasteiger partial charge < -0.3 is 15.0 Å². The average molecular weight is 364 g/mol. The molecule has 1 unspecified atom stereocenters. The van der Waals surface area contributed by atoms with Crippen LogP contribution in [0, 0.1) is 0 Å². The highest BCUT2D eigenvalue weighted by molar-refractivity contribution is 6.01. The number of pyridine rings is 1. The standard InChI is InChI=1S/C20H20N4O3/c1-23-16-12-24(11-13-6-8-21-9-7-13)19(25)17(16)18(22-20(23)26)14-4-3-5-15(10-14)27-2/h3-10,18H,11-12H2,1-2H3,(H,22,26). The summed E-state index contributed by atoms with van der Waals surface area (Å²) in [5.74, 6) is 0.614. The fraction of sp³-hybridized carbons (Fsp3) is 0.250. The molecule has 0 aliphatic carbocycles. The third kappa shape index (κ3) is 3.01.